The van der Waals surface area contributed by atoms with E-state index in [0.717, 1.165) is 24.8 Å². The Morgan fingerprint density at radius 2 is 1.26 bits per heavy atom. The number of benzene rings is 2. The Hall–Kier alpha value is -2.66. The Kier molecular flexibility index (Phi) is 7.56. The second-order valence-electron chi connectivity index (χ2n) is 11.0. The fourth-order valence-corrected chi connectivity index (χ4v) is 5.38. The number of carboxylic acids is 2. The zero-order chi connectivity index (χ0) is 25.3. The van der Waals surface area contributed by atoms with E-state index in [-0.39, 0.29) is 0 Å². The molecule has 2 atom stereocenters. The summed E-state index contributed by atoms with van der Waals surface area (Å²) >= 11 is 0. The van der Waals surface area contributed by atoms with E-state index >= 15 is 0 Å². The monoisotopic (exact) mass is 465 g/mol. The molecule has 0 aliphatic heterocycles. The van der Waals surface area contributed by atoms with Gasteiger partial charge < -0.3 is 15.9 Å². The van der Waals surface area contributed by atoms with Gasteiger partial charge in [-0.05, 0) is 84.2 Å². The number of rotatable bonds is 4. The summed E-state index contributed by atoms with van der Waals surface area (Å²) in [5, 5.41) is 18.5. The molecule has 0 amide bonds. The van der Waals surface area contributed by atoms with Crippen LogP contribution >= 0.6 is 0 Å². The maximum Gasteiger partial charge on any atom is 0.324 e. The molecule has 2 aromatic rings. The molecule has 5 heteroatoms. The molecule has 0 heterocycles. The standard InChI is InChI=1S/C15H20O2.C14H19NO2/c1-10(2)12-6-4-5-11-9-15(3,14(16)17)8-7-13(11)12;1-9(2)11-5-3-4-10-8-14(15,13(16)17)7-6-12(10)11/h4-6,10H,7-9H2,1-3H3,(H,16,17);3-5,9H,6-8,15H2,1-2H3,(H,16,17). The van der Waals surface area contributed by atoms with Gasteiger partial charge in [0.05, 0.1) is 5.41 Å². The third-order valence-corrected chi connectivity index (χ3v) is 7.64. The first-order valence-electron chi connectivity index (χ1n) is 12.3. The Bertz CT molecular complexity index is 988. The first-order valence-corrected chi connectivity index (χ1v) is 12.3. The number of hydrogen-bond acceptors (Lipinski definition) is 3. The molecule has 2 aliphatic rings. The van der Waals surface area contributed by atoms with Gasteiger partial charge in [-0.2, -0.15) is 0 Å². The van der Waals surface area contributed by atoms with Crippen molar-refractivity contribution in [3.63, 3.8) is 0 Å². The third-order valence-electron chi connectivity index (χ3n) is 7.64. The van der Waals surface area contributed by atoms with E-state index in [1.54, 1.807) is 0 Å². The number of hydrogen-bond donors (Lipinski definition) is 3. The molecule has 0 saturated heterocycles. The second-order valence-corrected chi connectivity index (χ2v) is 11.0. The van der Waals surface area contributed by atoms with Crippen LogP contribution < -0.4 is 5.73 Å². The van der Waals surface area contributed by atoms with Crippen molar-refractivity contribution >= 4 is 11.9 Å². The van der Waals surface area contributed by atoms with Crippen LogP contribution in [-0.4, -0.2) is 27.7 Å². The van der Waals surface area contributed by atoms with Crippen LogP contribution in [0.15, 0.2) is 36.4 Å². The summed E-state index contributed by atoms with van der Waals surface area (Å²) < 4.78 is 0. The van der Waals surface area contributed by atoms with Crippen LogP contribution in [0.5, 0.6) is 0 Å². The molecule has 5 nitrogen and oxygen atoms in total. The van der Waals surface area contributed by atoms with Gasteiger partial charge in [0.25, 0.3) is 0 Å². The topological polar surface area (TPSA) is 101 Å². The molecule has 184 valence electrons. The highest BCUT2D eigenvalue weighted by molar-refractivity contribution is 5.79. The zero-order valence-corrected chi connectivity index (χ0v) is 21.1. The molecule has 2 unspecified atom stereocenters. The average molecular weight is 466 g/mol. The summed E-state index contributed by atoms with van der Waals surface area (Å²) in [7, 11) is 0. The minimum absolute atomic E-state index is 0.443. The lowest BCUT2D eigenvalue weighted by Crippen LogP contribution is -2.52. The summed E-state index contributed by atoms with van der Waals surface area (Å²) in [6, 6.07) is 12.5. The van der Waals surface area contributed by atoms with Gasteiger partial charge in [0.1, 0.15) is 5.54 Å². The lowest BCUT2D eigenvalue weighted by Gasteiger charge is -2.32. The molecule has 2 aliphatic carbocycles. The molecule has 34 heavy (non-hydrogen) atoms. The molecule has 4 N–H and O–H groups in total. The second kappa shape index (κ2) is 9.91. The smallest absolute Gasteiger partial charge is 0.324 e. The molecule has 0 aromatic heterocycles. The normalized spacial score (nSPS) is 23.5. The molecule has 0 radical (unpaired) electrons. The van der Waals surface area contributed by atoms with E-state index in [1.165, 1.54) is 27.8 Å². The van der Waals surface area contributed by atoms with Gasteiger partial charge in [-0.25, -0.2) is 0 Å². The van der Waals surface area contributed by atoms with Crippen LogP contribution in [0, 0.1) is 5.41 Å². The summed E-state index contributed by atoms with van der Waals surface area (Å²) in [5.41, 5.74) is 12.0. The van der Waals surface area contributed by atoms with Crippen molar-refractivity contribution in [3.8, 4) is 0 Å². The Morgan fingerprint density at radius 3 is 1.71 bits per heavy atom. The maximum absolute atomic E-state index is 11.3. The van der Waals surface area contributed by atoms with Crippen molar-refractivity contribution in [2.45, 2.75) is 90.5 Å². The Labute approximate surface area is 203 Å². The number of carbonyl (C=O) groups is 2. The average Bonchev–Trinajstić information content (AvgIpc) is 2.78. The van der Waals surface area contributed by atoms with Crippen molar-refractivity contribution < 1.29 is 19.8 Å². The van der Waals surface area contributed by atoms with Crippen molar-refractivity contribution in [2.75, 3.05) is 0 Å². The van der Waals surface area contributed by atoms with E-state index in [1.807, 2.05) is 19.1 Å². The number of carboxylic acid groups (broad SMARTS) is 2. The SMILES string of the molecule is CC(C)c1cccc2c1CCC(C)(C(=O)O)C2.CC(C)c1cccc2c1CCC(N)(C(=O)O)C2. The van der Waals surface area contributed by atoms with Crippen LogP contribution in [0.3, 0.4) is 0 Å². The van der Waals surface area contributed by atoms with E-state index < -0.39 is 22.9 Å². The summed E-state index contributed by atoms with van der Waals surface area (Å²) in [5.74, 6) is -0.574. The molecular formula is C29H39NO4. The number of fused-ring (bicyclic) bond motifs is 2. The molecule has 2 aromatic carbocycles. The van der Waals surface area contributed by atoms with Gasteiger partial charge in [-0.1, -0.05) is 64.1 Å². The van der Waals surface area contributed by atoms with Crippen LogP contribution in [0.25, 0.3) is 0 Å². The summed E-state index contributed by atoms with van der Waals surface area (Å²) in [4.78, 5) is 22.5. The maximum atomic E-state index is 11.3. The number of aliphatic carboxylic acids is 2. The van der Waals surface area contributed by atoms with E-state index in [0.29, 0.717) is 31.1 Å². The molecule has 0 spiro atoms. The zero-order valence-electron chi connectivity index (χ0n) is 21.1. The van der Waals surface area contributed by atoms with E-state index in [4.69, 9.17) is 5.73 Å². The van der Waals surface area contributed by atoms with Crippen LogP contribution in [0.1, 0.15) is 92.7 Å². The van der Waals surface area contributed by atoms with Crippen LogP contribution in [0.4, 0.5) is 0 Å². The van der Waals surface area contributed by atoms with Gasteiger partial charge in [-0.3, -0.25) is 9.59 Å². The fraction of sp³-hybridized carbons (Fsp3) is 0.517. The van der Waals surface area contributed by atoms with E-state index in [9.17, 15) is 19.8 Å². The van der Waals surface area contributed by atoms with Gasteiger partial charge in [0, 0.05) is 6.42 Å². The first kappa shape index (κ1) is 26.0. The first-order chi connectivity index (χ1) is 15.9. The highest BCUT2D eigenvalue weighted by atomic mass is 16.4. The van der Waals surface area contributed by atoms with Crippen LogP contribution in [0.2, 0.25) is 0 Å². The predicted octanol–water partition coefficient (Wildman–Crippen LogP) is 5.47. The lowest BCUT2D eigenvalue weighted by molar-refractivity contribution is -0.148. The molecule has 0 fully saturated rings. The molecular weight excluding hydrogens is 426 g/mol. The highest BCUT2D eigenvalue weighted by Crippen LogP contribution is 2.38. The van der Waals surface area contributed by atoms with Crippen LogP contribution in [-0.2, 0) is 35.3 Å². The Balaban J connectivity index is 0.000000191. The number of nitrogens with two attached hydrogens (primary N) is 1. The van der Waals surface area contributed by atoms with Gasteiger partial charge >= 0.3 is 11.9 Å². The quantitative estimate of drug-likeness (QED) is 0.556. The largest absolute Gasteiger partial charge is 0.481 e. The minimum Gasteiger partial charge on any atom is -0.481 e. The molecule has 0 bridgehead atoms. The van der Waals surface area contributed by atoms with Gasteiger partial charge in [0.2, 0.25) is 0 Å². The third kappa shape index (κ3) is 5.20. The van der Waals surface area contributed by atoms with Crippen molar-refractivity contribution in [3.05, 3.63) is 69.8 Å². The molecule has 0 saturated carbocycles. The highest BCUT2D eigenvalue weighted by Gasteiger charge is 2.38. The van der Waals surface area contributed by atoms with E-state index in [2.05, 4.69) is 52.0 Å². The molecule has 4 rings (SSSR count). The summed E-state index contributed by atoms with van der Waals surface area (Å²) in [6.07, 6.45) is 4.05. The van der Waals surface area contributed by atoms with Crippen molar-refractivity contribution in [1.29, 1.82) is 0 Å². The Morgan fingerprint density at radius 1 is 0.794 bits per heavy atom. The van der Waals surface area contributed by atoms with Gasteiger partial charge in [0.15, 0.2) is 0 Å². The summed E-state index contributed by atoms with van der Waals surface area (Å²) in [6.45, 7) is 10.6. The lowest BCUT2D eigenvalue weighted by atomic mass is 9.71. The van der Waals surface area contributed by atoms with Crippen molar-refractivity contribution in [1.82, 2.24) is 0 Å². The van der Waals surface area contributed by atoms with Crippen molar-refractivity contribution in [2.24, 2.45) is 11.1 Å². The minimum atomic E-state index is -1.08. The fourth-order valence-electron chi connectivity index (χ4n) is 5.38. The van der Waals surface area contributed by atoms with Gasteiger partial charge in [-0.15, -0.1) is 0 Å². The predicted molar refractivity (Wildman–Crippen MR) is 135 cm³/mol.